The molecular formula is C24H23N5O. The van der Waals surface area contributed by atoms with E-state index in [9.17, 15) is 10.1 Å². The number of para-hydroxylation sites is 1. The first kappa shape index (κ1) is 19.6. The predicted octanol–water partition coefficient (Wildman–Crippen LogP) is 4.18. The standard InChI is InChI=1S/C24H23N5O/c1-17-6-2-4-8-20(17)22-10-11-23(28-27-22)29-14-12-18(13-15-29)24(30)26-21-9-5-3-7-19(21)16-25/h2-11,18H,12-15H2,1H3,(H,26,30). The average Bonchev–Trinajstić information content (AvgIpc) is 2.80. The lowest BCUT2D eigenvalue weighted by molar-refractivity contribution is -0.120. The maximum atomic E-state index is 12.6. The first-order valence-corrected chi connectivity index (χ1v) is 10.1. The van der Waals surface area contributed by atoms with E-state index >= 15 is 0 Å². The Balaban J connectivity index is 1.37. The molecule has 1 aromatic heterocycles. The van der Waals surface area contributed by atoms with E-state index < -0.39 is 0 Å². The number of amides is 1. The van der Waals surface area contributed by atoms with Crippen molar-refractivity contribution < 1.29 is 4.79 Å². The van der Waals surface area contributed by atoms with Gasteiger partial charge < -0.3 is 10.2 Å². The summed E-state index contributed by atoms with van der Waals surface area (Å²) in [5.41, 5.74) is 4.17. The minimum Gasteiger partial charge on any atom is -0.355 e. The summed E-state index contributed by atoms with van der Waals surface area (Å²) in [4.78, 5) is 14.8. The largest absolute Gasteiger partial charge is 0.355 e. The number of hydrogen-bond donors (Lipinski definition) is 1. The van der Waals surface area contributed by atoms with Gasteiger partial charge in [0, 0.05) is 24.6 Å². The second kappa shape index (κ2) is 8.75. The molecule has 1 aliphatic heterocycles. The molecule has 2 heterocycles. The molecule has 1 saturated heterocycles. The molecule has 0 radical (unpaired) electrons. The number of nitrogens with one attached hydrogen (secondary N) is 1. The molecular weight excluding hydrogens is 374 g/mol. The molecule has 0 saturated carbocycles. The van der Waals surface area contributed by atoms with E-state index in [4.69, 9.17) is 0 Å². The Morgan fingerprint density at radius 2 is 1.77 bits per heavy atom. The molecule has 1 N–H and O–H groups in total. The van der Waals surface area contributed by atoms with Gasteiger partial charge in [-0.2, -0.15) is 5.26 Å². The summed E-state index contributed by atoms with van der Waals surface area (Å²) in [6.45, 7) is 3.56. The Bertz CT molecular complexity index is 1080. The zero-order valence-corrected chi connectivity index (χ0v) is 16.9. The van der Waals surface area contributed by atoms with Gasteiger partial charge in [-0.05, 0) is 49.6 Å². The second-order valence-electron chi connectivity index (χ2n) is 7.50. The third-order valence-electron chi connectivity index (χ3n) is 5.57. The SMILES string of the molecule is Cc1ccccc1-c1ccc(N2CCC(C(=O)Nc3ccccc3C#N)CC2)nn1. The highest BCUT2D eigenvalue weighted by molar-refractivity contribution is 5.94. The number of nitriles is 1. The maximum Gasteiger partial charge on any atom is 0.227 e. The molecule has 150 valence electrons. The summed E-state index contributed by atoms with van der Waals surface area (Å²) in [6.07, 6.45) is 1.48. The molecule has 0 aliphatic carbocycles. The van der Waals surface area contributed by atoms with Crippen molar-refractivity contribution in [2.75, 3.05) is 23.3 Å². The van der Waals surface area contributed by atoms with E-state index in [2.05, 4.69) is 39.5 Å². The lowest BCUT2D eigenvalue weighted by Crippen LogP contribution is -2.38. The molecule has 2 aromatic carbocycles. The van der Waals surface area contributed by atoms with Crippen LogP contribution in [-0.4, -0.2) is 29.2 Å². The Morgan fingerprint density at radius 1 is 1.03 bits per heavy atom. The molecule has 0 spiro atoms. The summed E-state index contributed by atoms with van der Waals surface area (Å²) in [7, 11) is 0. The van der Waals surface area contributed by atoms with Crippen LogP contribution in [0.5, 0.6) is 0 Å². The average molecular weight is 397 g/mol. The molecule has 0 unspecified atom stereocenters. The van der Waals surface area contributed by atoms with Crippen LogP contribution in [0.3, 0.4) is 0 Å². The van der Waals surface area contributed by atoms with Crippen LogP contribution in [0.2, 0.25) is 0 Å². The number of hydrogen-bond acceptors (Lipinski definition) is 5. The van der Waals surface area contributed by atoms with Crippen molar-refractivity contribution in [1.29, 1.82) is 5.26 Å². The van der Waals surface area contributed by atoms with E-state index in [0.29, 0.717) is 11.3 Å². The van der Waals surface area contributed by atoms with Crippen molar-refractivity contribution >= 4 is 17.4 Å². The Labute approximate surface area is 176 Å². The van der Waals surface area contributed by atoms with Gasteiger partial charge in [0.1, 0.15) is 6.07 Å². The molecule has 1 fully saturated rings. The maximum absolute atomic E-state index is 12.6. The van der Waals surface area contributed by atoms with Crippen molar-refractivity contribution in [1.82, 2.24) is 10.2 Å². The number of benzene rings is 2. The van der Waals surface area contributed by atoms with Gasteiger partial charge in [0.05, 0.1) is 16.9 Å². The van der Waals surface area contributed by atoms with Gasteiger partial charge in [-0.1, -0.05) is 36.4 Å². The summed E-state index contributed by atoms with van der Waals surface area (Å²) in [6, 6.07) is 21.3. The molecule has 6 nitrogen and oxygen atoms in total. The van der Waals surface area contributed by atoms with Crippen LogP contribution in [0.25, 0.3) is 11.3 Å². The number of rotatable bonds is 4. The van der Waals surface area contributed by atoms with Crippen LogP contribution >= 0.6 is 0 Å². The summed E-state index contributed by atoms with van der Waals surface area (Å²) >= 11 is 0. The topological polar surface area (TPSA) is 81.9 Å². The van der Waals surface area contributed by atoms with E-state index in [0.717, 1.165) is 43.0 Å². The third-order valence-corrected chi connectivity index (χ3v) is 5.57. The molecule has 3 aromatic rings. The number of anilines is 2. The summed E-state index contributed by atoms with van der Waals surface area (Å²) in [5.74, 6) is 0.728. The van der Waals surface area contributed by atoms with E-state index in [1.54, 1.807) is 18.2 Å². The second-order valence-corrected chi connectivity index (χ2v) is 7.50. The van der Waals surface area contributed by atoms with Crippen LogP contribution in [0.15, 0.2) is 60.7 Å². The van der Waals surface area contributed by atoms with Crippen molar-refractivity contribution in [2.45, 2.75) is 19.8 Å². The van der Waals surface area contributed by atoms with Gasteiger partial charge in [-0.15, -0.1) is 10.2 Å². The number of aromatic nitrogens is 2. The number of piperidine rings is 1. The summed E-state index contributed by atoms with van der Waals surface area (Å²) in [5, 5.41) is 20.9. The molecule has 4 rings (SSSR count). The Morgan fingerprint density at radius 3 is 2.47 bits per heavy atom. The smallest absolute Gasteiger partial charge is 0.227 e. The van der Waals surface area contributed by atoms with E-state index in [-0.39, 0.29) is 11.8 Å². The van der Waals surface area contributed by atoms with Crippen molar-refractivity contribution in [2.24, 2.45) is 5.92 Å². The highest BCUT2D eigenvalue weighted by Crippen LogP contribution is 2.26. The molecule has 0 bridgehead atoms. The lowest BCUT2D eigenvalue weighted by atomic mass is 9.95. The fraction of sp³-hybridized carbons (Fsp3) is 0.250. The van der Waals surface area contributed by atoms with Gasteiger partial charge in [-0.25, -0.2) is 0 Å². The zero-order valence-electron chi connectivity index (χ0n) is 16.9. The van der Waals surface area contributed by atoms with Crippen LogP contribution in [0, 0.1) is 24.2 Å². The molecule has 30 heavy (non-hydrogen) atoms. The highest BCUT2D eigenvalue weighted by Gasteiger charge is 2.26. The number of carbonyl (C=O) groups excluding carboxylic acids is 1. The third kappa shape index (κ3) is 4.15. The van der Waals surface area contributed by atoms with Crippen LogP contribution in [0.1, 0.15) is 24.0 Å². The van der Waals surface area contributed by atoms with E-state index in [1.165, 1.54) is 5.56 Å². The number of nitrogens with zero attached hydrogens (tertiary/aromatic N) is 4. The van der Waals surface area contributed by atoms with Gasteiger partial charge in [0.25, 0.3) is 0 Å². The zero-order chi connectivity index (χ0) is 20.9. The van der Waals surface area contributed by atoms with Crippen LogP contribution in [-0.2, 0) is 4.79 Å². The predicted molar refractivity (Wildman–Crippen MR) is 117 cm³/mol. The first-order chi connectivity index (χ1) is 14.7. The van der Waals surface area contributed by atoms with Crippen LogP contribution in [0.4, 0.5) is 11.5 Å². The van der Waals surface area contributed by atoms with Gasteiger partial charge in [0.15, 0.2) is 5.82 Å². The van der Waals surface area contributed by atoms with E-state index in [1.807, 2.05) is 36.4 Å². The lowest BCUT2D eigenvalue weighted by Gasteiger charge is -2.31. The summed E-state index contributed by atoms with van der Waals surface area (Å²) < 4.78 is 0. The monoisotopic (exact) mass is 397 g/mol. The Kier molecular flexibility index (Phi) is 5.71. The van der Waals surface area contributed by atoms with Crippen LogP contribution < -0.4 is 10.2 Å². The molecule has 0 atom stereocenters. The Hall–Kier alpha value is -3.72. The fourth-order valence-electron chi connectivity index (χ4n) is 3.79. The molecule has 6 heteroatoms. The number of carbonyl (C=O) groups is 1. The molecule has 1 aliphatic rings. The quantitative estimate of drug-likeness (QED) is 0.714. The van der Waals surface area contributed by atoms with Gasteiger partial charge >= 0.3 is 0 Å². The van der Waals surface area contributed by atoms with Crippen molar-refractivity contribution in [3.63, 3.8) is 0 Å². The minimum atomic E-state index is -0.0767. The highest BCUT2D eigenvalue weighted by atomic mass is 16.1. The number of aryl methyl sites for hydroxylation is 1. The van der Waals surface area contributed by atoms with Crippen molar-refractivity contribution in [3.05, 3.63) is 71.8 Å². The van der Waals surface area contributed by atoms with Gasteiger partial charge in [0.2, 0.25) is 5.91 Å². The molecule has 1 amide bonds. The minimum absolute atomic E-state index is 0.0293. The first-order valence-electron chi connectivity index (χ1n) is 10.1. The normalized spacial score (nSPS) is 14.2. The fourth-order valence-corrected chi connectivity index (χ4v) is 3.79. The van der Waals surface area contributed by atoms with Crippen molar-refractivity contribution in [3.8, 4) is 17.3 Å². The van der Waals surface area contributed by atoms with Gasteiger partial charge in [-0.3, -0.25) is 4.79 Å².